The second kappa shape index (κ2) is 6.50. The first kappa shape index (κ1) is 15.7. The summed E-state index contributed by atoms with van der Waals surface area (Å²) in [4.78, 5) is 23.0. The topological polar surface area (TPSA) is 93.4 Å². The summed E-state index contributed by atoms with van der Waals surface area (Å²) < 4.78 is 13.2. The molecule has 3 rings (SSSR count). The zero-order chi connectivity index (χ0) is 17.1. The summed E-state index contributed by atoms with van der Waals surface area (Å²) in [6, 6.07) is 7.52. The molecule has 0 saturated carbocycles. The number of piperazine rings is 1. The number of nitriles is 1. The van der Waals surface area contributed by atoms with Crippen molar-refractivity contribution in [1.29, 1.82) is 5.26 Å². The highest BCUT2D eigenvalue weighted by Gasteiger charge is 2.22. The van der Waals surface area contributed by atoms with Crippen molar-refractivity contribution in [2.45, 2.75) is 0 Å². The van der Waals surface area contributed by atoms with Gasteiger partial charge in [0.25, 0.3) is 0 Å². The van der Waals surface area contributed by atoms with Gasteiger partial charge in [-0.3, -0.25) is 0 Å². The molecule has 122 valence electrons. The van der Waals surface area contributed by atoms with Crippen LogP contribution in [0.1, 0.15) is 16.1 Å². The lowest BCUT2D eigenvalue weighted by Crippen LogP contribution is -2.47. The van der Waals surface area contributed by atoms with Crippen molar-refractivity contribution in [1.82, 2.24) is 9.97 Å². The third kappa shape index (κ3) is 3.10. The van der Waals surface area contributed by atoms with Crippen LogP contribution in [0.5, 0.6) is 0 Å². The lowest BCUT2D eigenvalue weighted by Gasteiger charge is -2.36. The van der Waals surface area contributed by atoms with Gasteiger partial charge < -0.3 is 14.9 Å². The Balaban J connectivity index is 1.74. The predicted molar refractivity (Wildman–Crippen MR) is 84.5 cm³/mol. The number of anilines is 2. The fourth-order valence-corrected chi connectivity index (χ4v) is 2.64. The van der Waals surface area contributed by atoms with Gasteiger partial charge in [-0.25, -0.2) is 19.2 Å². The van der Waals surface area contributed by atoms with Crippen LogP contribution in [0, 0.1) is 17.1 Å². The van der Waals surface area contributed by atoms with Crippen molar-refractivity contribution >= 4 is 17.6 Å². The van der Waals surface area contributed by atoms with E-state index in [4.69, 9.17) is 10.4 Å². The van der Waals surface area contributed by atoms with Crippen LogP contribution < -0.4 is 9.80 Å². The van der Waals surface area contributed by atoms with E-state index in [2.05, 4.69) is 9.97 Å². The van der Waals surface area contributed by atoms with E-state index in [9.17, 15) is 9.18 Å². The van der Waals surface area contributed by atoms with Gasteiger partial charge in [0, 0.05) is 32.4 Å². The Morgan fingerprint density at radius 1 is 1.21 bits per heavy atom. The number of hydrogen-bond acceptors (Lipinski definition) is 6. The van der Waals surface area contributed by atoms with E-state index in [1.54, 1.807) is 6.07 Å². The molecule has 0 amide bonds. The Hall–Kier alpha value is -3.21. The van der Waals surface area contributed by atoms with E-state index in [1.807, 2.05) is 15.9 Å². The van der Waals surface area contributed by atoms with Gasteiger partial charge in [0.15, 0.2) is 5.69 Å². The number of halogens is 1. The minimum Gasteiger partial charge on any atom is -0.477 e. The maximum Gasteiger partial charge on any atom is 0.354 e. The molecule has 0 unspecified atom stereocenters. The van der Waals surface area contributed by atoms with Crippen molar-refractivity contribution in [3.63, 3.8) is 0 Å². The molecule has 7 nitrogen and oxygen atoms in total. The van der Waals surface area contributed by atoms with Gasteiger partial charge in [0.1, 0.15) is 11.9 Å². The van der Waals surface area contributed by atoms with E-state index in [0.717, 1.165) is 0 Å². The normalized spacial score (nSPS) is 14.3. The van der Waals surface area contributed by atoms with Gasteiger partial charge >= 0.3 is 5.97 Å². The predicted octanol–water partition coefficient (Wildman–Crippen LogP) is 1.51. The van der Waals surface area contributed by atoms with Crippen LogP contribution in [0.15, 0.2) is 30.5 Å². The Morgan fingerprint density at radius 3 is 2.58 bits per heavy atom. The Bertz CT molecular complexity index is 812. The zero-order valence-corrected chi connectivity index (χ0v) is 12.7. The van der Waals surface area contributed by atoms with Gasteiger partial charge in [-0.15, -0.1) is 0 Å². The SMILES string of the molecule is N#Cc1cc(F)ccc1N1CCN(c2nccc(C(=O)O)n2)CC1. The molecule has 1 fully saturated rings. The zero-order valence-electron chi connectivity index (χ0n) is 12.7. The van der Waals surface area contributed by atoms with E-state index in [0.29, 0.717) is 43.4 Å². The molecule has 0 radical (unpaired) electrons. The maximum atomic E-state index is 13.2. The number of hydrogen-bond donors (Lipinski definition) is 1. The molecule has 1 N–H and O–H groups in total. The molecule has 2 heterocycles. The maximum absolute atomic E-state index is 13.2. The molecular formula is C16H14FN5O2. The molecule has 1 aromatic carbocycles. The van der Waals surface area contributed by atoms with E-state index in [1.165, 1.54) is 24.4 Å². The fraction of sp³-hybridized carbons (Fsp3) is 0.250. The van der Waals surface area contributed by atoms with Crippen LogP contribution in [-0.2, 0) is 0 Å². The summed E-state index contributed by atoms with van der Waals surface area (Å²) >= 11 is 0. The molecule has 1 saturated heterocycles. The number of aromatic carboxylic acids is 1. The fourth-order valence-electron chi connectivity index (χ4n) is 2.64. The molecular weight excluding hydrogens is 313 g/mol. The Kier molecular flexibility index (Phi) is 4.24. The van der Waals surface area contributed by atoms with Crippen molar-refractivity contribution in [3.8, 4) is 6.07 Å². The molecule has 0 spiro atoms. The molecule has 1 aromatic heterocycles. The lowest BCUT2D eigenvalue weighted by atomic mass is 10.1. The minimum atomic E-state index is -1.10. The number of carbonyl (C=O) groups is 1. The summed E-state index contributed by atoms with van der Waals surface area (Å²) in [5, 5.41) is 18.2. The average molecular weight is 327 g/mol. The Morgan fingerprint density at radius 2 is 1.92 bits per heavy atom. The second-order valence-corrected chi connectivity index (χ2v) is 5.29. The molecule has 24 heavy (non-hydrogen) atoms. The summed E-state index contributed by atoms with van der Waals surface area (Å²) in [5.41, 5.74) is 0.944. The molecule has 0 aliphatic carbocycles. The largest absolute Gasteiger partial charge is 0.477 e. The van der Waals surface area contributed by atoms with Gasteiger partial charge in [-0.1, -0.05) is 0 Å². The third-order valence-corrected chi connectivity index (χ3v) is 3.84. The highest BCUT2D eigenvalue weighted by Crippen LogP contribution is 2.23. The number of rotatable bonds is 3. The van der Waals surface area contributed by atoms with Crippen LogP contribution in [0.25, 0.3) is 0 Å². The van der Waals surface area contributed by atoms with Crippen LogP contribution in [0.4, 0.5) is 16.0 Å². The number of carboxylic acid groups (broad SMARTS) is 1. The third-order valence-electron chi connectivity index (χ3n) is 3.84. The number of benzene rings is 1. The highest BCUT2D eigenvalue weighted by molar-refractivity contribution is 5.85. The summed E-state index contributed by atoms with van der Waals surface area (Å²) in [7, 11) is 0. The average Bonchev–Trinajstić information content (AvgIpc) is 2.62. The van der Waals surface area contributed by atoms with E-state index < -0.39 is 11.8 Å². The van der Waals surface area contributed by atoms with Gasteiger partial charge in [-0.2, -0.15) is 5.26 Å². The monoisotopic (exact) mass is 327 g/mol. The first-order chi connectivity index (χ1) is 11.6. The summed E-state index contributed by atoms with van der Waals surface area (Å²) in [6.07, 6.45) is 1.42. The van der Waals surface area contributed by atoms with Gasteiger partial charge in [0.05, 0.1) is 11.3 Å². The Labute approximate surface area is 137 Å². The molecule has 1 aliphatic rings. The number of carboxylic acids is 1. The molecule has 0 bridgehead atoms. The molecule has 0 atom stereocenters. The van der Waals surface area contributed by atoms with E-state index in [-0.39, 0.29) is 5.69 Å². The van der Waals surface area contributed by atoms with Crippen molar-refractivity contribution in [2.75, 3.05) is 36.0 Å². The lowest BCUT2D eigenvalue weighted by molar-refractivity contribution is 0.0690. The second-order valence-electron chi connectivity index (χ2n) is 5.29. The minimum absolute atomic E-state index is 0.0484. The molecule has 2 aromatic rings. The van der Waals surface area contributed by atoms with Crippen LogP contribution in [0.2, 0.25) is 0 Å². The first-order valence-corrected chi connectivity index (χ1v) is 7.34. The van der Waals surface area contributed by atoms with Crippen molar-refractivity contribution in [3.05, 3.63) is 47.5 Å². The number of nitrogens with zero attached hydrogens (tertiary/aromatic N) is 5. The highest BCUT2D eigenvalue weighted by atomic mass is 19.1. The van der Waals surface area contributed by atoms with E-state index >= 15 is 0 Å². The smallest absolute Gasteiger partial charge is 0.354 e. The summed E-state index contributed by atoms with van der Waals surface area (Å²) in [5.74, 6) is -1.16. The van der Waals surface area contributed by atoms with Crippen LogP contribution in [0.3, 0.4) is 0 Å². The molecule has 8 heteroatoms. The van der Waals surface area contributed by atoms with Gasteiger partial charge in [0.2, 0.25) is 5.95 Å². The molecule has 1 aliphatic heterocycles. The van der Waals surface area contributed by atoms with Crippen LogP contribution >= 0.6 is 0 Å². The van der Waals surface area contributed by atoms with Crippen molar-refractivity contribution < 1.29 is 14.3 Å². The quantitative estimate of drug-likeness (QED) is 0.913. The van der Waals surface area contributed by atoms with Gasteiger partial charge in [-0.05, 0) is 24.3 Å². The van der Waals surface area contributed by atoms with Crippen LogP contribution in [-0.4, -0.2) is 47.2 Å². The number of aromatic nitrogens is 2. The first-order valence-electron chi connectivity index (χ1n) is 7.34. The standard InChI is InChI=1S/C16H14FN5O2/c17-12-1-2-14(11(9-12)10-18)21-5-7-22(8-6-21)16-19-4-3-13(20-16)15(23)24/h1-4,9H,5-8H2,(H,23,24). The van der Waals surface area contributed by atoms with Crippen molar-refractivity contribution in [2.24, 2.45) is 0 Å². The summed E-state index contributed by atoms with van der Waals surface area (Å²) in [6.45, 7) is 2.35.